The Morgan fingerprint density at radius 2 is 1.77 bits per heavy atom. The van der Waals surface area contributed by atoms with E-state index in [1.165, 1.54) is 19.2 Å². The first kappa shape index (κ1) is 13.9. The van der Waals surface area contributed by atoms with Crippen LogP contribution in [0.2, 0.25) is 0 Å². The molecule has 3 rings (SSSR count). The summed E-state index contributed by atoms with van der Waals surface area (Å²) in [6.07, 6.45) is 0. The molecular weight excluding hydrogens is 283 g/mol. The molecule has 2 aromatic carbocycles. The number of nitrogens with zero attached hydrogens (tertiary/aromatic N) is 2. The second-order valence-electron chi connectivity index (χ2n) is 4.62. The van der Waals surface area contributed by atoms with Crippen LogP contribution in [0.25, 0.3) is 10.9 Å². The molecule has 1 amide bonds. The van der Waals surface area contributed by atoms with E-state index in [-0.39, 0.29) is 17.5 Å². The Balaban J connectivity index is 2.09. The molecule has 3 aromatic rings. The number of carbonyl (C=O) groups is 1. The number of aromatic nitrogens is 2. The molecule has 0 aliphatic heterocycles. The van der Waals surface area contributed by atoms with Gasteiger partial charge in [-0.15, -0.1) is 0 Å². The zero-order chi connectivity index (χ0) is 15.5. The Morgan fingerprint density at radius 1 is 1.05 bits per heavy atom. The summed E-state index contributed by atoms with van der Waals surface area (Å²) < 4.78 is 13.0. The molecular formula is C16H13FN4O. The maximum atomic E-state index is 13.0. The summed E-state index contributed by atoms with van der Waals surface area (Å²) in [4.78, 5) is 20.3. The van der Waals surface area contributed by atoms with E-state index in [0.717, 1.165) is 5.39 Å². The molecule has 2 N–H and O–H groups in total. The second-order valence-corrected chi connectivity index (χ2v) is 4.62. The number of anilines is 2. The van der Waals surface area contributed by atoms with Crippen molar-refractivity contribution in [3.63, 3.8) is 0 Å². The molecule has 0 saturated heterocycles. The van der Waals surface area contributed by atoms with Crippen LogP contribution in [-0.2, 0) is 0 Å². The van der Waals surface area contributed by atoms with Crippen LogP contribution in [0.5, 0.6) is 0 Å². The molecule has 0 radical (unpaired) electrons. The zero-order valence-corrected chi connectivity index (χ0v) is 11.8. The number of nitrogens with one attached hydrogen (secondary N) is 2. The molecule has 0 aliphatic carbocycles. The lowest BCUT2D eigenvalue weighted by atomic mass is 10.2. The van der Waals surface area contributed by atoms with Crippen molar-refractivity contribution >= 4 is 28.3 Å². The summed E-state index contributed by atoms with van der Waals surface area (Å²) in [6, 6.07) is 13.3. The van der Waals surface area contributed by atoms with Crippen molar-refractivity contribution in [1.29, 1.82) is 0 Å². The predicted octanol–water partition coefficient (Wildman–Crippen LogP) is 2.87. The van der Waals surface area contributed by atoms with Gasteiger partial charge >= 0.3 is 0 Å². The second kappa shape index (κ2) is 5.77. The van der Waals surface area contributed by atoms with E-state index in [4.69, 9.17) is 0 Å². The largest absolute Gasteiger partial charge is 0.352 e. The lowest BCUT2D eigenvalue weighted by Gasteiger charge is -2.10. The molecule has 0 atom stereocenters. The highest BCUT2D eigenvalue weighted by Gasteiger charge is 2.12. The Hall–Kier alpha value is -3.02. The topological polar surface area (TPSA) is 66.9 Å². The van der Waals surface area contributed by atoms with Gasteiger partial charge in [-0.1, -0.05) is 12.1 Å². The fourth-order valence-electron chi connectivity index (χ4n) is 2.06. The zero-order valence-electron chi connectivity index (χ0n) is 11.8. The third kappa shape index (κ3) is 2.71. The minimum absolute atomic E-state index is 0.0748. The SMILES string of the molecule is CNC(=O)c1nc(Nc2ccc(F)cc2)c2ccccc2n1. The molecule has 0 aliphatic rings. The van der Waals surface area contributed by atoms with Crippen molar-refractivity contribution in [2.75, 3.05) is 12.4 Å². The molecule has 0 unspecified atom stereocenters. The maximum Gasteiger partial charge on any atom is 0.288 e. The highest BCUT2D eigenvalue weighted by molar-refractivity contribution is 5.97. The maximum absolute atomic E-state index is 13.0. The first-order valence-electron chi connectivity index (χ1n) is 6.69. The number of fused-ring (bicyclic) bond motifs is 1. The summed E-state index contributed by atoms with van der Waals surface area (Å²) in [6.45, 7) is 0. The fraction of sp³-hybridized carbons (Fsp3) is 0.0625. The quantitative estimate of drug-likeness (QED) is 0.780. The highest BCUT2D eigenvalue weighted by atomic mass is 19.1. The molecule has 1 heterocycles. The fourth-order valence-corrected chi connectivity index (χ4v) is 2.06. The van der Waals surface area contributed by atoms with Gasteiger partial charge in [-0.05, 0) is 36.4 Å². The van der Waals surface area contributed by atoms with E-state index in [2.05, 4.69) is 20.6 Å². The van der Waals surface area contributed by atoms with Gasteiger partial charge in [0, 0.05) is 18.1 Å². The van der Waals surface area contributed by atoms with E-state index in [0.29, 0.717) is 17.0 Å². The van der Waals surface area contributed by atoms with Crippen molar-refractivity contribution in [3.8, 4) is 0 Å². The summed E-state index contributed by atoms with van der Waals surface area (Å²) in [7, 11) is 1.52. The minimum atomic E-state index is -0.368. The van der Waals surface area contributed by atoms with Crippen LogP contribution in [-0.4, -0.2) is 22.9 Å². The number of amides is 1. The van der Waals surface area contributed by atoms with Gasteiger partial charge in [0.2, 0.25) is 5.82 Å². The first-order valence-corrected chi connectivity index (χ1v) is 6.69. The monoisotopic (exact) mass is 296 g/mol. The molecule has 5 nitrogen and oxygen atoms in total. The lowest BCUT2D eigenvalue weighted by Crippen LogP contribution is -2.21. The number of halogens is 1. The number of carbonyl (C=O) groups excluding carboxylic acids is 1. The number of hydrogen-bond donors (Lipinski definition) is 2. The number of hydrogen-bond acceptors (Lipinski definition) is 4. The normalized spacial score (nSPS) is 10.5. The van der Waals surface area contributed by atoms with Gasteiger partial charge in [0.15, 0.2) is 0 Å². The van der Waals surface area contributed by atoms with Crippen LogP contribution < -0.4 is 10.6 Å². The van der Waals surface area contributed by atoms with Gasteiger partial charge in [0.1, 0.15) is 11.6 Å². The number of benzene rings is 2. The van der Waals surface area contributed by atoms with Gasteiger partial charge in [0.05, 0.1) is 5.52 Å². The summed E-state index contributed by atoms with van der Waals surface area (Å²) in [5.41, 5.74) is 1.33. The number of rotatable bonds is 3. The van der Waals surface area contributed by atoms with Gasteiger partial charge < -0.3 is 10.6 Å². The Labute approximate surface area is 126 Å². The summed E-state index contributed by atoms with van der Waals surface area (Å²) in [5.74, 6) is -0.112. The van der Waals surface area contributed by atoms with E-state index >= 15 is 0 Å². The molecule has 22 heavy (non-hydrogen) atoms. The molecule has 0 saturated carbocycles. The molecule has 6 heteroatoms. The third-order valence-corrected chi connectivity index (χ3v) is 3.14. The Morgan fingerprint density at radius 3 is 2.50 bits per heavy atom. The number of para-hydroxylation sites is 1. The summed E-state index contributed by atoms with van der Waals surface area (Å²) in [5, 5.41) is 6.38. The molecule has 1 aromatic heterocycles. The van der Waals surface area contributed by atoms with Gasteiger partial charge in [-0.25, -0.2) is 14.4 Å². The molecule has 0 bridgehead atoms. The van der Waals surface area contributed by atoms with E-state index < -0.39 is 0 Å². The molecule has 0 spiro atoms. The van der Waals surface area contributed by atoms with Crippen LogP contribution in [0.3, 0.4) is 0 Å². The van der Waals surface area contributed by atoms with Gasteiger partial charge in [-0.3, -0.25) is 4.79 Å². The minimum Gasteiger partial charge on any atom is -0.352 e. The molecule has 0 fully saturated rings. The smallest absolute Gasteiger partial charge is 0.288 e. The predicted molar refractivity (Wildman–Crippen MR) is 82.6 cm³/mol. The van der Waals surface area contributed by atoms with Crippen LogP contribution in [0.4, 0.5) is 15.9 Å². The van der Waals surface area contributed by atoms with Crippen molar-refractivity contribution in [1.82, 2.24) is 15.3 Å². The van der Waals surface area contributed by atoms with Crippen molar-refractivity contribution in [2.45, 2.75) is 0 Å². The van der Waals surface area contributed by atoms with Gasteiger partial charge in [0.25, 0.3) is 5.91 Å². The average molecular weight is 296 g/mol. The van der Waals surface area contributed by atoms with Crippen LogP contribution in [0.1, 0.15) is 10.6 Å². The van der Waals surface area contributed by atoms with E-state index in [1.807, 2.05) is 18.2 Å². The van der Waals surface area contributed by atoms with Crippen LogP contribution in [0, 0.1) is 5.82 Å². The van der Waals surface area contributed by atoms with Crippen molar-refractivity contribution < 1.29 is 9.18 Å². The third-order valence-electron chi connectivity index (χ3n) is 3.14. The van der Waals surface area contributed by atoms with Crippen LogP contribution >= 0.6 is 0 Å². The standard InChI is InChI=1S/C16H13FN4O/c1-18-16(22)15-20-13-5-3-2-4-12(13)14(21-15)19-11-8-6-10(17)7-9-11/h2-9H,1H3,(H,18,22)(H,19,20,21). The van der Waals surface area contributed by atoms with Crippen molar-refractivity contribution in [2.24, 2.45) is 0 Å². The van der Waals surface area contributed by atoms with Crippen molar-refractivity contribution in [3.05, 3.63) is 60.2 Å². The Bertz CT molecular complexity index is 833. The lowest BCUT2D eigenvalue weighted by molar-refractivity contribution is 0.0953. The average Bonchev–Trinajstić information content (AvgIpc) is 2.56. The van der Waals surface area contributed by atoms with E-state index in [9.17, 15) is 9.18 Å². The van der Waals surface area contributed by atoms with E-state index in [1.54, 1.807) is 18.2 Å². The first-order chi connectivity index (χ1) is 10.7. The molecule has 110 valence electrons. The highest BCUT2D eigenvalue weighted by Crippen LogP contribution is 2.23. The van der Waals surface area contributed by atoms with Gasteiger partial charge in [-0.2, -0.15) is 0 Å². The summed E-state index contributed by atoms with van der Waals surface area (Å²) >= 11 is 0. The Kier molecular flexibility index (Phi) is 3.65. The van der Waals surface area contributed by atoms with Crippen LogP contribution in [0.15, 0.2) is 48.5 Å².